The number of para-hydroxylation sites is 3. The molecule has 1 aliphatic rings. The molecule has 5 nitrogen and oxygen atoms in total. The van der Waals surface area contributed by atoms with Crippen molar-refractivity contribution in [2.45, 2.75) is 19.2 Å². The van der Waals surface area contributed by atoms with Gasteiger partial charge in [0.2, 0.25) is 0 Å². The van der Waals surface area contributed by atoms with Gasteiger partial charge in [0.25, 0.3) is 0 Å². The number of hydrogen-bond acceptors (Lipinski definition) is 4. The molecule has 1 atom stereocenters. The highest BCUT2D eigenvalue weighted by molar-refractivity contribution is 5.78. The number of pyridine rings is 1. The van der Waals surface area contributed by atoms with Gasteiger partial charge in [0.1, 0.15) is 12.4 Å². The molecule has 0 unspecified atom stereocenters. The highest BCUT2D eigenvalue weighted by Gasteiger charge is 2.23. The molecule has 0 amide bonds. The maximum atomic E-state index is 5.76. The fourth-order valence-electron chi connectivity index (χ4n) is 3.71. The molecule has 0 bridgehead atoms. The lowest BCUT2D eigenvalue weighted by Crippen LogP contribution is -2.32. The second-order valence-electron chi connectivity index (χ2n) is 6.72. The van der Waals surface area contributed by atoms with Crippen LogP contribution in [0.2, 0.25) is 0 Å². The standard InChI is InChI=1S/C21H20N4O/c1-2-6-18-16(5-1)9-15(11-23-18)10-22-12-17-13-26-14-21-24-19-7-3-4-8-20(19)25(17)21/h1-9,11,17,22H,10,12-14H2/t17-/m0/s1. The molecule has 0 radical (unpaired) electrons. The summed E-state index contributed by atoms with van der Waals surface area (Å²) in [7, 11) is 0. The Balaban J connectivity index is 1.33. The van der Waals surface area contributed by atoms with Gasteiger partial charge in [-0.1, -0.05) is 30.3 Å². The molecule has 3 heterocycles. The Bertz CT molecular complexity index is 1070. The molecule has 5 rings (SSSR count). The zero-order valence-electron chi connectivity index (χ0n) is 14.4. The van der Waals surface area contributed by atoms with E-state index in [1.807, 2.05) is 30.5 Å². The molecule has 5 heteroatoms. The molecule has 0 saturated heterocycles. The van der Waals surface area contributed by atoms with E-state index in [2.05, 4.69) is 45.2 Å². The van der Waals surface area contributed by atoms with Crippen LogP contribution in [0.5, 0.6) is 0 Å². The predicted octanol–water partition coefficient (Wildman–Crippen LogP) is 3.45. The highest BCUT2D eigenvalue weighted by Crippen LogP contribution is 2.25. The third-order valence-corrected chi connectivity index (χ3v) is 4.93. The Hall–Kier alpha value is -2.76. The first-order valence-electron chi connectivity index (χ1n) is 8.96. The van der Waals surface area contributed by atoms with Gasteiger partial charge in [0.15, 0.2) is 0 Å². The molecular weight excluding hydrogens is 324 g/mol. The Labute approximate surface area is 151 Å². The number of benzene rings is 2. The van der Waals surface area contributed by atoms with Gasteiger partial charge in [-0.15, -0.1) is 0 Å². The Morgan fingerprint density at radius 3 is 2.88 bits per heavy atom. The van der Waals surface area contributed by atoms with E-state index in [4.69, 9.17) is 9.72 Å². The van der Waals surface area contributed by atoms with E-state index in [1.54, 1.807) is 0 Å². The van der Waals surface area contributed by atoms with Gasteiger partial charge >= 0.3 is 0 Å². The van der Waals surface area contributed by atoms with Gasteiger partial charge in [-0.2, -0.15) is 0 Å². The van der Waals surface area contributed by atoms with Crippen LogP contribution in [-0.4, -0.2) is 27.7 Å². The third-order valence-electron chi connectivity index (χ3n) is 4.93. The van der Waals surface area contributed by atoms with Crippen LogP contribution in [0.15, 0.2) is 60.8 Å². The van der Waals surface area contributed by atoms with Gasteiger partial charge in [0, 0.05) is 24.7 Å². The molecule has 0 spiro atoms. The molecule has 1 N–H and O–H groups in total. The van der Waals surface area contributed by atoms with E-state index in [0.29, 0.717) is 13.2 Å². The summed E-state index contributed by atoms with van der Waals surface area (Å²) in [6.45, 7) is 2.91. The van der Waals surface area contributed by atoms with E-state index in [9.17, 15) is 0 Å². The van der Waals surface area contributed by atoms with E-state index in [0.717, 1.165) is 29.9 Å². The molecule has 4 aromatic rings. The monoisotopic (exact) mass is 344 g/mol. The third kappa shape index (κ3) is 2.75. The van der Waals surface area contributed by atoms with Crippen LogP contribution in [0.4, 0.5) is 0 Å². The highest BCUT2D eigenvalue weighted by atomic mass is 16.5. The van der Waals surface area contributed by atoms with E-state index < -0.39 is 0 Å². The molecule has 0 fully saturated rings. The zero-order valence-corrected chi connectivity index (χ0v) is 14.4. The van der Waals surface area contributed by atoms with E-state index in [-0.39, 0.29) is 6.04 Å². The summed E-state index contributed by atoms with van der Waals surface area (Å²) in [4.78, 5) is 9.24. The quantitative estimate of drug-likeness (QED) is 0.616. The summed E-state index contributed by atoms with van der Waals surface area (Å²) < 4.78 is 8.09. The number of rotatable bonds is 4. The van der Waals surface area contributed by atoms with Crippen LogP contribution in [0.25, 0.3) is 21.9 Å². The van der Waals surface area contributed by atoms with Gasteiger partial charge in [-0.05, 0) is 29.8 Å². The normalized spacial score (nSPS) is 16.8. The van der Waals surface area contributed by atoms with Crippen molar-refractivity contribution in [2.24, 2.45) is 0 Å². The number of aromatic nitrogens is 3. The maximum Gasteiger partial charge on any atom is 0.136 e. The van der Waals surface area contributed by atoms with Crippen molar-refractivity contribution in [1.29, 1.82) is 0 Å². The van der Waals surface area contributed by atoms with Crippen molar-refractivity contribution < 1.29 is 4.74 Å². The second kappa shape index (κ2) is 6.52. The Morgan fingerprint density at radius 1 is 1.08 bits per heavy atom. The molecule has 26 heavy (non-hydrogen) atoms. The van der Waals surface area contributed by atoms with Crippen molar-refractivity contribution in [2.75, 3.05) is 13.2 Å². The Morgan fingerprint density at radius 2 is 1.92 bits per heavy atom. The summed E-state index contributed by atoms with van der Waals surface area (Å²) in [5, 5.41) is 4.74. The minimum atomic E-state index is 0.250. The van der Waals surface area contributed by atoms with Crippen LogP contribution >= 0.6 is 0 Å². The average molecular weight is 344 g/mol. The molecule has 2 aromatic carbocycles. The summed E-state index contributed by atoms with van der Waals surface area (Å²) in [5.74, 6) is 1.01. The lowest BCUT2D eigenvalue weighted by molar-refractivity contribution is 0.0564. The van der Waals surface area contributed by atoms with Gasteiger partial charge < -0.3 is 14.6 Å². The number of fused-ring (bicyclic) bond motifs is 4. The van der Waals surface area contributed by atoms with Crippen molar-refractivity contribution in [1.82, 2.24) is 19.9 Å². The van der Waals surface area contributed by atoms with E-state index >= 15 is 0 Å². The second-order valence-corrected chi connectivity index (χ2v) is 6.72. The predicted molar refractivity (Wildman–Crippen MR) is 102 cm³/mol. The molecular formula is C21H20N4O. The largest absolute Gasteiger partial charge is 0.371 e. The summed E-state index contributed by atoms with van der Waals surface area (Å²) in [5.41, 5.74) is 4.45. The molecule has 1 aliphatic heterocycles. The lowest BCUT2D eigenvalue weighted by Gasteiger charge is -2.26. The first kappa shape index (κ1) is 15.5. The number of nitrogens with zero attached hydrogens (tertiary/aromatic N) is 3. The van der Waals surface area contributed by atoms with E-state index in [1.165, 1.54) is 16.5 Å². The first-order valence-corrected chi connectivity index (χ1v) is 8.96. The topological polar surface area (TPSA) is 52.0 Å². The average Bonchev–Trinajstić information content (AvgIpc) is 3.07. The van der Waals surface area contributed by atoms with Crippen molar-refractivity contribution in [3.63, 3.8) is 0 Å². The SMILES string of the molecule is c1ccc2ncc(CNC[C@H]3COCc4nc5ccccc5n43)cc2c1. The van der Waals surface area contributed by atoms with Crippen LogP contribution in [0.3, 0.4) is 0 Å². The number of imidazole rings is 1. The zero-order chi connectivity index (χ0) is 17.3. The number of nitrogens with one attached hydrogen (secondary N) is 1. The first-order chi connectivity index (χ1) is 12.9. The molecule has 0 aliphatic carbocycles. The minimum absolute atomic E-state index is 0.250. The van der Waals surface area contributed by atoms with Gasteiger partial charge in [-0.25, -0.2) is 4.98 Å². The lowest BCUT2D eigenvalue weighted by atomic mass is 10.1. The fraction of sp³-hybridized carbons (Fsp3) is 0.238. The van der Waals surface area contributed by atoms with Crippen LogP contribution in [-0.2, 0) is 17.9 Å². The van der Waals surface area contributed by atoms with Crippen LogP contribution in [0, 0.1) is 0 Å². The van der Waals surface area contributed by atoms with Crippen LogP contribution in [0.1, 0.15) is 17.4 Å². The summed E-state index contributed by atoms with van der Waals surface area (Å²) >= 11 is 0. The summed E-state index contributed by atoms with van der Waals surface area (Å²) in [6, 6.07) is 19.0. The van der Waals surface area contributed by atoms with Crippen molar-refractivity contribution >= 4 is 21.9 Å². The Kier molecular flexibility index (Phi) is 3.88. The maximum absolute atomic E-state index is 5.76. The summed E-state index contributed by atoms with van der Waals surface area (Å²) in [6.07, 6.45) is 1.95. The molecule has 2 aromatic heterocycles. The number of hydrogen-bond donors (Lipinski definition) is 1. The van der Waals surface area contributed by atoms with Gasteiger partial charge in [0.05, 0.1) is 29.2 Å². The molecule has 130 valence electrons. The van der Waals surface area contributed by atoms with Crippen LogP contribution < -0.4 is 5.32 Å². The smallest absolute Gasteiger partial charge is 0.136 e. The minimum Gasteiger partial charge on any atom is -0.371 e. The number of ether oxygens (including phenoxy) is 1. The van der Waals surface area contributed by atoms with Crippen molar-refractivity contribution in [3.8, 4) is 0 Å². The van der Waals surface area contributed by atoms with Gasteiger partial charge in [-0.3, -0.25) is 4.98 Å². The van der Waals surface area contributed by atoms with Crippen molar-refractivity contribution in [3.05, 3.63) is 72.2 Å². The fourth-order valence-corrected chi connectivity index (χ4v) is 3.71. The molecule has 0 saturated carbocycles.